The van der Waals surface area contributed by atoms with Crippen LogP contribution in [0, 0.1) is 11.3 Å². The number of nitrogens with two attached hydrogens (primary N) is 2. The van der Waals surface area contributed by atoms with E-state index in [1.165, 1.54) is 17.4 Å². The number of halogens is 1. The summed E-state index contributed by atoms with van der Waals surface area (Å²) >= 11 is 6.16. The molecule has 0 saturated carbocycles. The third-order valence-corrected chi connectivity index (χ3v) is 8.33. The first-order valence-corrected chi connectivity index (χ1v) is 16.9. The van der Waals surface area contributed by atoms with Crippen LogP contribution in [0.15, 0.2) is 47.6 Å². The summed E-state index contributed by atoms with van der Waals surface area (Å²) in [5, 5.41) is 40.6. The third-order valence-electron chi connectivity index (χ3n) is 8.10. The molecule has 52 heavy (non-hydrogen) atoms. The molecule has 2 aliphatic rings. The number of hydrogen-bond acceptors (Lipinski definition) is 12. The molecule has 3 heterocycles. The van der Waals surface area contributed by atoms with E-state index in [0.29, 0.717) is 34.2 Å². The summed E-state index contributed by atoms with van der Waals surface area (Å²) in [5.41, 5.74) is 4.76. The Kier molecular flexibility index (Phi) is 19.0. The predicted molar refractivity (Wildman–Crippen MR) is 205 cm³/mol. The zero-order valence-electron chi connectivity index (χ0n) is 29.4. The minimum Gasteiger partial charge on any atom is -0.483 e. The molecule has 2 aliphatic heterocycles. The highest BCUT2D eigenvalue weighted by atomic mass is 35.5. The monoisotopic (exact) mass is 737 g/mol. The Balaban J connectivity index is 0.000000614. The molecule has 16 nitrogen and oxygen atoms in total. The molecule has 1 aromatic heterocycles. The van der Waals surface area contributed by atoms with Crippen LogP contribution in [0.2, 0.25) is 5.02 Å². The lowest BCUT2D eigenvalue weighted by molar-refractivity contribution is -0.123. The number of benzene rings is 2. The van der Waals surface area contributed by atoms with Gasteiger partial charge in [-0.25, -0.2) is 10.8 Å². The average molecular weight is 738 g/mol. The number of carbonyl (C=O) groups is 3. The number of hydrazone groups is 1. The van der Waals surface area contributed by atoms with E-state index in [2.05, 4.69) is 49.0 Å². The topological polar surface area (TPSA) is 251 Å². The number of rotatable bonds is 6. The van der Waals surface area contributed by atoms with Gasteiger partial charge in [-0.2, -0.15) is 10.4 Å². The first-order valence-electron chi connectivity index (χ1n) is 16.5. The fourth-order valence-electron chi connectivity index (χ4n) is 5.46. The summed E-state index contributed by atoms with van der Waals surface area (Å²) < 4.78 is 0. The number of anilines is 3. The van der Waals surface area contributed by atoms with E-state index in [1.807, 2.05) is 32.0 Å². The number of nitrogens with zero attached hydrogens (tertiary/aromatic N) is 5. The molecular weight excluding hydrogens is 690 g/mol. The van der Waals surface area contributed by atoms with Crippen molar-refractivity contribution in [2.75, 3.05) is 49.4 Å². The maximum atomic E-state index is 13.0. The number of imidazole rings is 1. The Hall–Kier alpha value is -5.47. The molecule has 1 fully saturated rings. The molecule has 0 spiro atoms. The summed E-state index contributed by atoms with van der Waals surface area (Å²) in [6.07, 6.45) is 9.63. The summed E-state index contributed by atoms with van der Waals surface area (Å²) in [4.78, 5) is 39.5. The number of hydrogen-bond donors (Lipinski definition) is 8. The van der Waals surface area contributed by atoms with Crippen LogP contribution in [0.1, 0.15) is 61.6 Å². The van der Waals surface area contributed by atoms with Gasteiger partial charge < -0.3 is 46.7 Å². The van der Waals surface area contributed by atoms with E-state index >= 15 is 0 Å². The molecule has 1 saturated heterocycles. The summed E-state index contributed by atoms with van der Waals surface area (Å²) in [5.74, 6) is 11.4. The number of nitriles is 1. The number of likely N-dealkylation sites (tertiary alicyclic amines) is 1. The highest BCUT2D eigenvalue weighted by molar-refractivity contribution is 6.30. The first-order chi connectivity index (χ1) is 25.1. The van der Waals surface area contributed by atoms with Crippen LogP contribution < -0.4 is 32.6 Å². The molecule has 2 aromatic carbocycles. The lowest BCUT2D eigenvalue weighted by Crippen LogP contribution is -2.32. The molecule has 0 radical (unpaired) electrons. The molecular formula is C35H48ClN11O5. The van der Waals surface area contributed by atoms with Gasteiger partial charge in [0.15, 0.2) is 5.69 Å². The highest BCUT2D eigenvalue weighted by Gasteiger charge is 2.23. The molecule has 17 heteroatoms. The molecule has 3 aromatic rings. The van der Waals surface area contributed by atoms with E-state index in [4.69, 9.17) is 43.1 Å². The van der Waals surface area contributed by atoms with E-state index in [0.717, 1.165) is 68.7 Å². The summed E-state index contributed by atoms with van der Waals surface area (Å²) in [7, 11) is 3.95. The van der Waals surface area contributed by atoms with Gasteiger partial charge in [0, 0.05) is 60.3 Å². The quantitative estimate of drug-likeness (QED) is 0.0450. The van der Waals surface area contributed by atoms with E-state index in [9.17, 15) is 10.1 Å². The lowest BCUT2D eigenvalue weighted by atomic mass is 10.0. The largest absolute Gasteiger partial charge is 0.483 e. The van der Waals surface area contributed by atoms with Crippen molar-refractivity contribution in [2.24, 2.45) is 16.8 Å². The third kappa shape index (κ3) is 13.3. The maximum absolute atomic E-state index is 13.0. The van der Waals surface area contributed by atoms with Crippen molar-refractivity contribution in [3.8, 4) is 17.3 Å². The van der Waals surface area contributed by atoms with Gasteiger partial charge in [0.2, 0.25) is 5.91 Å². The van der Waals surface area contributed by atoms with Gasteiger partial charge in [-0.1, -0.05) is 24.4 Å². The first kappa shape index (κ1) is 42.7. The number of H-pyrrole nitrogens is 1. The molecule has 280 valence electrons. The predicted octanol–water partition coefficient (Wildman–Crippen LogP) is 3.67. The number of piperidine rings is 1. The number of carbonyl (C=O) groups excluding carboxylic acids is 2. The second kappa shape index (κ2) is 23.1. The molecule has 1 amide bonds. The number of nitrogens with one attached hydrogen (secondary N) is 4. The van der Waals surface area contributed by atoms with Crippen LogP contribution in [-0.4, -0.2) is 90.4 Å². The second-order valence-electron chi connectivity index (χ2n) is 11.7. The van der Waals surface area contributed by atoms with Gasteiger partial charge in [0.05, 0.1) is 23.5 Å². The Morgan fingerprint density at radius 3 is 2.54 bits per heavy atom. The van der Waals surface area contributed by atoms with Crippen molar-refractivity contribution in [2.45, 2.75) is 50.7 Å². The summed E-state index contributed by atoms with van der Waals surface area (Å²) in [6.45, 7) is 4.65. The van der Waals surface area contributed by atoms with Crippen molar-refractivity contribution < 1.29 is 24.6 Å². The Labute approximate surface area is 308 Å². The molecule has 0 aliphatic carbocycles. The number of fused-ring (bicyclic) bond motifs is 4. The molecule has 1 atom stereocenters. The van der Waals surface area contributed by atoms with E-state index in [1.54, 1.807) is 24.3 Å². The van der Waals surface area contributed by atoms with Crippen molar-refractivity contribution in [1.29, 1.82) is 5.26 Å². The average Bonchev–Trinajstić information content (AvgIpc) is 3.58. The minimum absolute atomic E-state index is 0.0220. The van der Waals surface area contributed by atoms with Crippen LogP contribution >= 0.6 is 11.6 Å². The smallest absolute Gasteiger partial charge is 0.290 e. The number of aromatic amines is 1. The number of aromatic nitrogens is 2. The van der Waals surface area contributed by atoms with Crippen LogP contribution in [0.4, 0.5) is 17.1 Å². The van der Waals surface area contributed by atoms with Crippen molar-refractivity contribution in [3.05, 3.63) is 64.6 Å². The van der Waals surface area contributed by atoms with Crippen molar-refractivity contribution >= 4 is 60.2 Å². The second-order valence-corrected chi connectivity index (χ2v) is 12.1. The van der Waals surface area contributed by atoms with Gasteiger partial charge in [0.1, 0.15) is 25.0 Å². The fourth-order valence-corrected chi connectivity index (χ4v) is 5.64. The van der Waals surface area contributed by atoms with E-state index in [-0.39, 0.29) is 24.2 Å². The van der Waals surface area contributed by atoms with Gasteiger partial charge >= 0.3 is 0 Å². The van der Waals surface area contributed by atoms with Gasteiger partial charge in [-0.3, -0.25) is 14.6 Å². The SMILES string of the molecule is C=O.CN1CCC(O)CC1.CNc1ccc2c(c1)NCCCCCC(NC(=O)/C=C/c1cc(Cl)ccc1N(N)/C=N\N)c1nc(C#N)c-2[nH]1.O=CO. The maximum Gasteiger partial charge on any atom is 0.290 e. The Morgan fingerprint density at radius 2 is 1.90 bits per heavy atom. The number of aliphatic hydroxyl groups excluding tert-OH is 1. The van der Waals surface area contributed by atoms with Gasteiger partial charge in [-0.15, -0.1) is 0 Å². The van der Waals surface area contributed by atoms with E-state index < -0.39 is 6.04 Å². The van der Waals surface area contributed by atoms with Gasteiger partial charge in [0.25, 0.3) is 6.47 Å². The summed E-state index contributed by atoms with van der Waals surface area (Å²) in [6, 6.07) is 12.8. The molecule has 1 unspecified atom stereocenters. The Bertz CT molecular complexity index is 1660. The van der Waals surface area contributed by atoms with Gasteiger partial charge in [-0.05, 0) is 75.2 Å². The van der Waals surface area contributed by atoms with Crippen molar-refractivity contribution in [1.82, 2.24) is 20.2 Å². The van der Waals surface area contributed by atoms with Crippen LogP contribution in [0.3, 0.4) is 0 Å². The highest BCUT2D eigenvalue weighted by Crippen LogP contribution is 2.34. The Morgan fingerprint density at radius 1 is 1.19 bits per heavy atom. The minimum atomic E-state index is -0.412. The molecule has 5 rings (SSSR count). The number of carboxylic acid groups (broad SMARTS) is 1. The lowest BCUT2D eigenvalue weighted by Gasteiger charge is -2.25. The molecule has 2 bridgehead atoms. The zero-order valence-corrected chi connectivity index (χ0v) is 30.1. The normalized spacial score (nSPS) is 16.0. The van der Waals surface area contributed by atoms with Crippen LogP contribution in [-0.2, 0) is 14.4 Å². The van der Waals surface area contributed by atoms with Crippen molar-refractivity contribution in [3.63, 3.8) is 0 Å². The zero-order chi connectivity index (χ0) is 38.5. The standard InChI is InChI=1S/C27H31ClN10O.C6H13NO.CH2O2.CH2O/c1-32-19-8-9-20-22(14-19)33-12-4-2-3-5-21(27-36-23(15-29)26(20)37-27)35-25(39)11-6-17-13-18(28)7-10-24(17)38(31)16-34-30;1-7-4-2-6(8)3-5-7;2-1-3;1-2/h6-11,13-14,16,21,32-33H,2-5,12,30-31H2,1H3,(H,35,39)(H,36,37);6,8H,2-5H2,1H3;1H,(H,2,3);1H2/b11-6+,34-16-;;;. The van der Waals surface area contributed by atoms with Crippen LogP contribution in [0.25, 0.3) is 17.3 Å². The fraction of sp³-hybridized carbons (Fsp3) is 0.371. The number of hydrazine groups is 1. The van der Waals surface area contributed by atoms with Crippen LogP contribution in [0.5, 0.6) is 0 Å². The number of amides is 1. The molecule has 10 N–H and O–H groups in total. The number of aliphatic hydroxyl groups is 1.